The highest BCUT2D eigenvalue weighted by Crippen LogP contribution is 2.33. The van der Waals surface area contributed by atoms with Crippen molar-refractivity contribution >= 4 is 21.6 Å². The minimum Gasteiger partial charge on any atom is -0.308 e. The van der Waals surface area contributed by atoms with E-state index < -0.39 is 0 Å². The van der Waals surface area contributed by atoms with Crippen molar-refractivity contribution in [2.45, 2.75) is 32.2 Å². The molecule has 0 radical (unpaired) electrons. The van der Waals surface area contributed by atoms with Crippen LogP contribution in [0.5, 0.6) is 0 Å². The Morgan fingerprint density at radius 1 is 1.41 bits per heavy atom. The molecule has 90 valence electrons. The van der Waals surface area contributed by atoms with E-state index >= 15 is 0 Å². The summed E-state index contributed by atoms with van der Waals surface area (Å²) in [6.07, 6.45) is 3.86. The zero-order chi connectivity index (χ0) is 11.7. The number of thiazole rings is 1. The first-order chi connectivity index (χ1) is 8.36. The fraction of sp³-hybridized carbons (Fsp3) is 0.500. The molecule has 3 rings (SSSR count). The molecule has 1 aliphatic heterocycles. The molecule has 1 fully saturated rings. The van der Waals surface area contributed by atoms with Gasteiger partial charge in [0.2, 0.25) is 0 Å². The molecule has 2 unspecified atom stereocenters. The zero-order valence-electron chi connectivity index (χ0n) is 10.1. The Kier molecular flexibility index (Phi) is 3.12. The van der Waals surface area contributed by atoms with Crippen LogP contribution in [-0.4, -0.2) is 11.5 Å². The third-order valence-corrected chi connectivity index (χ3v) is 4.85. The van der Waals surface area contributed by atoms with E-state index in [1.165, 1.54) is 29.0 Å². The molecule has 3 heteroatoms. The predicted molar refractivity (Wildman–Crippen MR) is 73.4 cm³/mol. The van der Waals surface area contributed by atoms with Crippen molar-refractivity contribution in [1.29, 1.82) is 0 Å². The van der Waals surface area contributed by atoms with Gasteiger partial charge in [-0.25, -0.2) is 4.98 Å². The second kappa shape index (κ2) is 4.75. The summed E-state index contributed by atoms with van der Waals surface area (Å²) in [6, 6.07) is 8.90. The van der Waals surface area contributed by atoms with Gasteiger partial charge in [0.25, 0.3) is 0 Å². The van der Waals surface area contributed by atoms with Gasteiger partial charge < -0.3 is 5.32 Å². The van der Waals surface area contributed by atoms with Crippen LogP contribution >= 0.6 is 11.3 Å². The largest absolute Gasteiger partial charge is 0.308 e. The molecule has 0 amide bonds. The van der Waals surface area contributed by atoms with Crippen LogP contribution < -0.4 is 5.32 Å². The average molecular weight is 246 g/mol. The van der Waals surface area contributed by atoms with Crippen LogP contribution in [0.25, 0.3) is 10.2 Å². The highest BCUT2D eigenvalue weighted by atomic mass is 32.1. The van der Waals surface area contributed by atoms with Crippen molar-refractivity contribution < 1.29 is 0 Å². The van der Waals surface area contributed by atoms with E-state index in [-0.39, 0.29) is 0 Å². The van der Waals surface area contributed by atoms with Crippen molar-refractivity contribution in [3.63, 3.8) is 0 Å². The predicted octanol–water partition coefficient (Wildman–Crippen LogP) is 3.75. The van der Waals surface area contributed by atoms with E-state index in [1.54, 1.807) is 0 Å². The summed E-state index contributed by atoms with van der Waals surface area (Å²) in [5, 5.41) is 4.88. The van der Waals surface area contributed by atoms with Crippen LogP contribution in [-0.2, 0) is 0 Å². The van der Waals surface area contributed by atoms with Gasteiger partial charge in [-0.2, -0.15) is 0 Å². The average Bonchev–Trinajstić information content (AvgIpc) is 2.82. The second-order valence-corrected chi connectivity index (χ2v) is 5.89. The lowest BCUT2D eigenvalue weighted by Gasteiger charge is -2.28. The fourth-order valence-corrected chi connectivity index (χ4v) is 3.65. The Morgan fingerprint density at radius 2 is 2.29 bits per heavy atom. The summed E-state index contributed by atoms with van der Waals surface area (Å²) in [7, 11) is 0. The number of para-hydroxylation sites is 1. The highest BCUT2D eigenvalue weighted by molar-refractivity contribution is 7.18. The van der Waals surface area contributed by atoms with E-state index in [0.717, 1.165) is 18.0 Å². The van der Waals surface area contributed by atoms with Crippen molar-refractivity contribution in [3.05, 3.63) is 29.3 Å². The molecule has 0 saturated carbocycles. The first-order valence-corrected chi connectivity index (χ1v) is 7.27. The Bertz CT molecular complexity index is 473. The van der Waals surface area contributed by atoms with E-state index in [2.05, 4.69) is 36.5 Å². The molecular formula is C14H18N2S. The number of fused-ring (bicyclic) bond motifs is 1. The van der Waals surface area contributed by atoms with Gasteiger partial charge in [0.1, 0.15) is 5.01 Å². The quantitative estimate of drug-likeness (QED) is 0.873. The Balaban J connectivity index is 1.87. The number of nitrogens with one attached hydrogen (secondary N) is 1. The Hall–Kier alpha value is -0.930. The minimum atomic E-state index is 0.478. The van der Waals surface area contributed by atoms with Gasteiger partial charge in [-0.3, -0.25) is 0 Å². The molecule has 2 aromatic rings. The number of nitrogens with zero attached hydrogens (tertiary/aromatic N) is 1. The SMILES string of the molecule is CCC1CCNC(c2nc3ccccc3s2)C1. The van der Waals surface area contributed by atoms with Crippen LogP contribution in [0.15, 0.2) is 24.3 Å². The van der Waals surface area contributed by atoms with Gasteiger partial charge in [-0.05, 0) is 37.4 Å². The molecule has 1 aromatic heterocycles. The van der Waals surface area contributed by atoms with E-state index in [0.29, 0.717) is 6.04 Å². The smallest absolute Gasteiger partial charge is 0.111 e. The molecule has 2 heterocycles. The molecule has 0 aliphatic carbocycles. The number of hydrogen-bond donors (Lipinski definition) is 1. The molecule has 1 aromatic carbocycles. The standard InChI is InChI=1S/C14H18N2S/c1-2-10-7-8-15-12(9-10)14-16-11-5-3-4-6-13(11)17-14/h3-6,10,12,15H,2,7-9H2,1H3. The summed E-state index contributed by atoms with van der Waals surface area (Å²) in [5.74, 6) is 0.869. The fourth-order valence-electron chi connectivity index (χ4n) is 2.59. The maximum atomic E-state index is 4.76. The number of aromatic nitrogens is 1. The van der Waals surface area contributed by atoms with Crippen molar-refractivity contribution in [2.75, 3.05) is 6.54 Å². The van der Waals surface area contributed by atoms with E-state index in [9.17, 15) is 0 Å². The molecule has 0 bridgehead atoms. The zero-order valence-corrected chi connectivity index (χ0v) is 11.0. The van der Waals surface area contributed by atoms with Crippen molar-refractivity contribution in [3.8, 4) is 0 Å². The number of rotatable bonds is 2. The lowest BCUT2D eigenvalue weighted by atomic mass is 9.91. The molecule has 1 saturated heterocycles. The number of piperidine rings is 1. The topological polar surface area (TPSA) is 24.9 Å². The summed E-state index contributed by atoms with van der Waals surface area (Å²) in [4.78, 5) is 4.76. The number of benzene rings is 1. The molecule has 2 nitrogen and oxygen atoms in total. The van der Waals surface area contributed by atoms with Gasteiger partial charge in [0, 0.05) is 0 Å². The lowest BCUT2D eigenvalue weighted by molar-refractivity contribution is 0.299. The van der Waals surface area contributed by atoms with Gasteiger partial charge in [-0.15, -0.1) is 11.3 Å². The maximum absolute atomic E-state index is 4.76. The van der Waals surface area contributed by atoms with Crippen molar-refractivity contribution in [2.24, 2.45) is 5.92 Å². The van der Waals surface area contributed by atoms with Crippen LogP contribution in [0, 0.1) is 5.92 Å². The third-order valence-electron chi connectivity index (χ3n) is 3.70. The highest BCUT2D eigenvalue weighted by Gasteiger charge is 2.23. The number of hydrogen-bond acceptors (Lipinski definition) is 3. The van der Waals surface area contributed by atoms with Crippen LogP contribution in [0.2, 0.25) is 0 Å². The van der Waals surface area contributed by atoms with Gasteiger partial charge in [0.05, 0.1) is 16.3 Å². The molecule has 0 spiro atoms. The first-order valence-electron chi connectivity index (χ1n) is 6.45. The molecule has 17 heavy (non-hydrogen) atoms. The summed E-state index contributed by atoms with van der Waals surface area (Å²) in [6.45, 7) is 3.44. The lowest BCUT2D eigenvalue weighted by Crippen LogP contribution is -2.31. The van der Waals surface area contributed by atoms with Crippen molar-refractivity contribution in [1.82, 2.24) is 10.3 Å². The second-order valence-electron chi connectivity index (χ2n) is 4.83. The third kappa shape index (κ3) is 2.22. The van der Waals surface area contributed by atoms with E-state index in [1.807, 2.05) is 11.3 Å². The molecular weight excluding hydrogens is 228 g/mol. The van der Waals surface area contributed by atoms with Gasteiger partial charge in [0.15, 0.2) is 0 Å². The minimum absolute atomic E-state index is 0.478. The summed E-state index contributed by atoms with van der Waals surface area (Å²) < 4.78 is 1.31. The Labute approximate surface area is 106 Å². The molecule has 2 atom stereocenters. The van der Waals surface area contributed by atoms with E-state index in [4.69, 9.17) is 4.98 Å². The monoisotopic (exact) mass is 246 g/mol. The van der Waals surface area contributed by atoms with Gasteiger partial charge in [-0.1, -0.05) is 25.5 Å². The summed E-state index contributed by atoms with van der Waals surface area (Å²) >= 11 is 1.84. The van der Waals surface area contributed by atoms with Crippen LogP contribution in [0.3, 0.4) is 0 Å². The van der Waals surface area contributed by atoms with Gasteiger partial charge >= 0.3 is 0 Å². The maximum Gasteiger partial charge on any atom is 0.111 e. The van der Waals surface area contributed by atoms with Crippen LogP contribution in [0.1, 0.15) is 37.2 Å². The molecule has 1 N–H and O–H groups in total. The summed E-state index contributed by atoms with van der Waals surface area (Å²) in [5.41, 5.74) is 1.15. The first kappa shape index (κ1) is 11.2. The normalized spacial score (nSPS) is 25.2. The van der Waals surface area contributed by atoms with Crippen LogP contribution in [0.4, 0.5) is 0 Å². The molecule has 1 aliphatic rings. The Morgan fingerprint density at radius 3 is 3.12 bits per heavy atom.